The van der Waals surface area contributed by atoms with Crippen LogP contribution in [0, 0.1) is 0 Å². The third kappa shape index (κ3) is 2.00. The Morgan fingerprint density at radius 3 is 2.83 bits per heavy atom. The number of aliphatic hydroxyl groups is 2. The fourth-order valence-corrected chi connectivity index (χ4v) is 0.698. The second kappa shape index (κ2) is 4.15. The van der Waals surface area contributed by atoms with Crippen molar-refractivity contribution in [1.29, 1.82) is 0 Å². The third-order valence-corrected chi connectivity index (χ3v) is 1.33. The summed E-state index contributed by atoms with van der Waals surface area (Å²) in [5.74, 6) is 0.595. The maximum atomic E-state index is 8.63. The van der Waals surface area contributed by atoms with E-state index in [9.17, 15) is 0 Å². The Morgan fingerprint density at radius 1 is 1.50 bits per heavy atom. The highest BCUT2D eigenvalue weighted by Crippen LogP contribution is 2.06. The van der Waals surface area contributed by atoms with Crippen LogP contribution in [-0.2, 0) is 6.42 Å². The molecular weight excluding hydrogens is 162 g/mol. The Kier molecular flexibility index (Phi) is 3.15. The van der Waals surface area contributed by atoms with Crippen LogP contribution in [0.2, 0.25) is 0 Å². The lowest BCUT2D eigenvalue weighted by Gasteiger charge is -1.98. The molecule has 0 fully saturated rings. The van der Waals surface area contributed by atoms with Crippen LogP contribution in [0.15, 0.2) is 4.52 Å². The van der Waals surface area contributed by atoms with E-state index in [0.29, 0.717) is 12.2 Å². The molecule has 0 saturated carbocycles. The molecule has 6 heteroatoms. The van der Waals surface area contributed by atoms with Crippen LogP contribution in [0.5, 0.6) is 0 Å². The maximum Gasteiger partial charge on any atom is 0.245 e. The van der Waals surface area contributed by atoms with Crippen LogP contribution in [0.25, 0.3) is 0 Å². The molecule has 1 aromatic heterocycles. The van der Waals surface area contributed by atoms with Crippen molar-refractivity contribution in [2.45, 2.75) is 12.5 Å². The van der Waals surface area contributed by atoms with Gasteiger partial charge in [0.2, 0.25) is 5.89 Å². The highest BCUT2D eigenvalue weighted by molar-refractivity contribution is 4.91. The highest BCUT2D eigenvalue weighted by Gasteiger charge is 2.12. The molecule has 0 aromatic carbocycles. The predicted octanol–water partition coefficient (Wildman–Crippen LogP) is -1.40. The summed E-state index contributed by atoms with van der Waals surface area (Å²) in [6.45, 7) is -0.270. The zero-order valence-electron chi connectivity index (χ0n) is 6.47. The summed E-state index contributed by atoms with van der Waals surface area (Å²) < 4.78 is 4.71. The molecule has 0 aliphatic rings. The quantitative estimate of drug-likeness (QED) is 0.517. The first-order chi connectivity index (χ1) is 5.77. The zero-order valence-corrected chi connectivity index (χ0v) is 6.47. The van der Waals surface area contributed by atoms with Crippen molar-refractivity contribution in [2.24, 2.45) is 5.73 Å². The Labute approximate surface area is 69.0 Å². The van der Waals surface area contributed by atoms with Gasteiger partial charge in [-0.2, -0.15) is 4.98 Å². The second-order valence-electron chi connectivity index (χ2n) is 2.31. The van der Waals surface area contributed by atoms with Gasteiger partial charge in [0.15, 0.2) is 5.82 Å². The largest absolute Gasteiger partial charge is 0.396 e. The molecule has 68 valence electrons. The molecule has 0 bridgehead atoms. The molecule has 1 rings (SSSR count). The zero-order chi connectivity index (χ0) is 8.97. The van der Waals surface area contributed by atoms with E-state index in [4.69, 9.17) is 20.5 Å². The number of hydrogen-bond donors (Lipinski definition) is 3. The number of aliphatic hydroxyl groups excluding tert-OH is 2. The average Bonchev–Trinajstić information content (AvgIpc) is 2.52. The highest BCUT2D eigenvalue weighted by atomic mass is 16.5. The first-order valence-electron chi connectivity index (χ1n) is 3.57. The van der Waals surface area contributed by atoms with Crippen molar-refractivity contribution in [2.75, 3.05) is 13.2 Å². The summed E-state index contributed by atoms with van der Waals surface area (Å²) >= 11 is 0. The topological polar surface area (TPSA) is 105 Å². The van der Waals surface area contributed by atoms with E-state index in [1.165, 1.54) is 0 Å². The van der Waals surface area contributed by atoms with Gasteiger partial charge in [0.05, 0.1) is 13.2 Å². The summed E-state index contributed by atoms with van der Waals surface area (Å²) in [5.41, 5.74) is 5.40. The average molecular weight is 173 g/mol. The molecule has 0 radical (unpaired) electrons. The summed E-state index contributed by atoms with van der Waals surface area (Å²) in [4.78, 5) is 3.85. The minimum Gasteiger partial charge on any atom is -0.396 e. The van der Waals surface area contributed by atoms with Crippen LogP contribution in [0.4, 0.5) is 0 Å². The molecule has 0 aliphatic carbocycles. The van der Waals surface area contributed by atoms with Crippen molar-refractivity contribution in [1.82, 2.24) is 10.1 Å². The molecule has 1 atom stereocenters. The predicted molar refractivity (Wildman–Crippen MR) is 39.1 cm³/mol. The third-order valence-electron chi connectivity index (χ3n) is 1.33. The fraction of sp³-hybridized carbons (Fsp3) is 0.667. The summed E-state index contributed by atoms with van der Waals surface area (Å²) in [5, 5.41) is 20.7. The summed E-state index contributed by atoms with van der Waals surface area (Å²) in [7, 11) is 0. The fourth-order valence-electron chi connectivity index (χ4n) is 0.698. The lowest BCUT2D eigenvalue weighted by Crippen LogP contribution is -2.14. The molecule has 0 aliphatic heterocycles. The van der Waals surface area contributed by atoms with Gasteiger partial charge in [-0.1, -0.05) is 5.16 Å². The van der Waals surface area contributed by atoms with Crippen molar-refractivity contribution in [3.05, 3.63) is 11.7 Å². The van der Waals surface area contributed by atoms with Gasteiger partial charge in [-0.15, -0.1) is 0 Å². The van der Waals surface area contributed by atoms with Gasteiger partial charge in [-0.05, 0) is 0 Å². The number of nitrogens with zero attached hydrogens (tertiary/aromatic N) is 2. The molecule has 4 N–H and O–H groups in total. The Morgan fingerprint density at radius 2 is 2.25 bits per heavy atom. The standard InChI is InChI=1S/C6H11N3O3/c7-4(3-11)6-8-5(1-2-10)9-12-6/h4,10-11H,1-3,7H2/t4-/m1/s1. The van der Waals surface area contributed by atoms with E-state index < -0.39 is 6.04 Å². The number of nitrogens with two attached hydrogens (primary N) is 1. The van der Waals surface area contributed by atoms with E-state index in [2.05, 4.69) is 10.1 Å². The minimum absolute atomic E-state index is 0.0344. The number of hydrogen-bond acceptors (Lipinski definition) is 6. The molecule has 0 spiro atoms. The van der Waals surface area contributed by atoms with Crippen LogP contribution in [0.3, 0.4) is 0 Å². The van der Waals surface area contributed by atoms with Crippen LogP contribution < -0.4 is 5.73 Å². The van der Waals surface area contributed by atoms with Gasteiger partial charge in [0, 0.05) is 6.42 Å². The SMILES string of the molecule is N[C@H](CO)c1nc(CCO)no1. The molecule has 0 amide bonds. The Balaban J connectivity index is 2.63. The van der Waals surface area contributed by atoms with E-state index >= 15 is 0 Å². The Bertz CT molecular complexity index is 238. The van der Waals surface area contributed by atoms with Crippen LogP contribution in [-0.4, -0.2) is 33.6 Å². The van der Waals surface area contributed by atoms with Gasteiger partial charge in [0.25, 0.3) is 0 Å². The van der Waals surface area contributed by atoms with Crippen molar-refractivity contribution in [3.8, 4) is 0 Å². The summed E-state index contributed by atoms with van der Waals surface area (Å²) in [6, 6.07) is -0.634. The van der Waals surface area contributed by atoms with Gasteiger partial charge >= 0.3 is 0 Å². The van der Waals surface area contributed by atoms with Crippen molar-refractivity contribution < 1.29 is 14.7 Å². The second-order valence-corrected chi connectivity index (χ2v) is 2.31. The first kappa shape index (κ1) is 9.11. The molecule has 6 nitrogen and oxygen atoms in total. The van der Waals surface area contributed by atoms with Gasteiger partial charge < -0.3 is 20.5 Å². The van der Waals surface area contributed by atoms with E-state index in [1.54, 1.807) is 0 Å². The van der Waals surface area contributed by atoms with Gasteiger partial charge in [0.1, 0.15) is 6.04 Å². The summed E-state index contributed by atoms with van der Waals surface area (Å²) in [6.07, 6.45) is 0.335. The monoisotopic (exact) mass is 173 g/mol. The lowest BCUT2D eigenvalue weighted by molar-refractivity contribution is 0.236. The Hall–Kier alpha value is -0.980. The maximum absolute atomic E-state index is 8.63. The molecule has 0 unspecified atom stereocenters. The van der Waals surface area contributed by atoms with Crippen molar-refractivity contribution in [3.63, 3.8) is 0 Å². The normalized spacial score (nSPS) is 13.2. The van der Waals surface area contributed by atoms with Gasteiger partial charge in [-0.25, -0.2) is 0 Å². The van der Waals surface area contributed by atoms with Crippen LogP contribution >= 0.6 is 0 Å². The van der Waals surface area contributed by atoms with Gasteiger partial charge in [-0.3, -0.25) is 0 Å². The number of aromatic nitrogens is 2. The lowest BCUT2D eigenvalue weighted by atomic mass is 10.3. The van der Waals surface area contributed by atoms with Crippen LogP contribution in [0.1, 0.15) is 17.8 Å². The smallest absolute Gasteiger partial charge is 0.245 e. The molecule has 1 heterocycles. The number of rotatable bonds is 4. The minimum atomic E-state index is -0.634. The first-order valence-corrected chi connectivity index (χ1v) is 3.57. The van der Waals surface area contributed by atoms with E-state index in [0.717, 1.165) is 0 Å². The van der Waals surface area contributed by atoms with E-state index in [-0.39, 0.29) is 19.1 Å². The van der Waals surface area contributed by atoms with Crippen molar-refractivity contribution >= 4 is 0 Å². The van der Waals surface area contributed by atoms with E-state index in [1.807, 2.05) is 0 Å². The molecule has 0 saturated heterocycles. The molecule has 1 aromatic rings. The molecular formula is C6H11N3O3. The molecule has 12 heavy (non-hydrogen) atoms.